The number of benzene rings is 2. The van der Waals surface area contributed by atoms with Gasteiger partial charge in [0, 0.05) is 11.6 Å². The van der Waals surface area contributed by atoms with Crippen molar-refractivity contribution in [2.45, 2.75) is 19.4 Å². The molecule has 0 atom stereocenters. The van der Waals surface area contributed by atoms with E-state index in [9.17, 15) is 4.79 Å². The number of methoxy groups -OCH3 is 2. The Kier molecular flexibility index (Phi) is 8.25. The molecular formula is C20H24ClNO4. The maximum atomic E-state index is 11.8. The quantitative estimate of drug-likeness (QED) is 0.642. The molecule has 2 aromatic rings. The highest BCUT2D eigenvalue weighted by Crippen LogP contribution is 2.27. The lowest BCUT2D eigenvalue weighted by molar-refractivity contribution is -0.126. The number of carbonyl (C=O) groups excluding carboxylic acids is 1. The van der Waals surface area contributed by atoms with Gasteiger partial charge in [0.15, 0.2) is 11.5 Å². The van der Waals surface area contributed by atoms with Gasteiger partial charge in [-0.1, -0.05) is 35.9 Å². The van der Waals surface area contributed by atoms with Gasteiger partial charge in [-0.05, 0) is 42.2 Å². The molecule has 0 saturated heterocycles. The zero-order valence-electron chi connectivity index (χ0n) is 15.1. The monoisotopic (exact) mass is 377 g/mol. The number of aryl methyl sites for hydroxylation is 1. The summed E-state index contributed by atoms with van der Waals surface area (Å²) in [6, 6.07) is 13.3. The molecule has 2 rings (SSSR count). The topological polar surface area (TPSA) is 56.8 Å². The first-order valence-electron chi connectivity index (χ1n) is 8.42. The summed E-state index contributed by atoms with van der Waals surface area (Å²) in [5, 5.41) is 3.49. The molecule has 1 N–H and O–H groups in total. The maximum Gasteiger partial charge on any atom is 0.246 e. The molecule has 1 amide bonds. The number of halogens is 1. The lowest BCUT2D eigenvalue weighted by Crippen LogP contribution is -2.28. The Balaban J connectivity index is 1.65. The number of carbonyl (C=O) groups is 1. The molecule has 0 radical (unpaired) electrons. The molecule has 0 aliphatic heterocycles. The smallest absolute Gasteiger partial charge is 0.246 e. The summed E-state index contributed by atoms with van der Waals surface area (Å²) in [6.07, 6.45) is 1.66. The van der Waals surface area contributed by atoms with Gasteiger partial charge in [0.25, 0.3) is 0 Å². The first-order valence-corrected chi connectivity index (χ1v) is 8.80. The number of nitrogens with one attached hydrogen (secondary N) is 1. The Morgan fingerprint density at radius 1 is 1.08 bits per heavy atom. The van der Waals surface area contributed by atoms with E-state index in [1.165, 1.54) is 0 Å². The van der Waals surface area contributed by atoms with Crippen LogP contribution in [0.25, 0.3) is 0 Å². The molecule has 0 fully saturated rings. The third kappa shape index (κ3) is 6.24. The van der Waals surface area contributed by atoms with Gasteiger partial charge >= 0.3 is 0 Å². The van der Waals surface area contributed by atoms with Crippen molar-refractivity contribution in [3.8, 4) is 11.5 Å². The van der Waals surface area contributed by atoms with Crippen LogP contribution in [-0.4, -0.2) is 33.3 Å². The maximum absolute atomic E-state index is 11.8. The van der Waals surface area contributed by atoms with E-state index < -0.39 is 0 Å². The standard InChI is InChI=1S/C20H24ClNO4/c1-24-18-10-9-15(12-19(18)25-2)6-5-11-22-20(23)14-26-13-16-7-3-4-8-17(16)21/h3-4,7-10,12H,5-6,11,13-14H2,1-2H3,(H,22,23). The van der Waals surface area contributed by atoms with Gasteiger partial charge < -0.3 is 19.5 Å². The molecule has 2 aromatic carbocycles. The highest BCUT2D eigenvalue weighted by molar-refractivity contribution is 6.31. The van der Waals surface area contributed by atoms with Crippen LogP contribution in [0.3, 0.4) is 0 Å². The minimum atomic E-state index is -0.135. The van der Waals surface area contributed by atoms with Gasteiger partial charge in [-0.15, -0.1) is 0 Å². The van der Waals surface area contributed by atoms with Crippen molar-refractivity contribution in [2.24, 2.45) is 0 Å². The van der Waals surface area contributed by atoms with Gasteiger partial charge in [0.05, 0.1) is 20.8 Å². The third-order valence-corrected chi connectivity index (χ3v) is 4.23. The molecule has 6 heteroatoms. The molecule has 0 aliphatic rings. The van der Waals surface area contributed by atoms with Crippen molar-refractivity contribution in [1.29, 1.82) is 0 Å². The van der Waals surface area contributed by atoms with Crippen LogP contribution in [0.2, 0.25) is 5.02 Å². The molecule has 0 aromatic heterocycles. The van der Waals surface area contributed by atoms with Crippen LogP contribution in [0.5, 0.6) is 11.5 Å². The average molecular weight is 378 g/mol. The third-order valence-electron chi connectivity index (χ3n) is 3.86. The fourth-order valence-corrected chi connectivity index (χ4v) is 2.67. The summed E-state index contributed by atoms with van der Waals surface area (Å²) in [7, 11) is 3.23. The highest BCUT2D eigenvalue weighted by Gasteiger charge is 2.06. The molecule has 5 nitrogen and oxygen atoms in total. The van der Waals surface area contributed by atoms with E-state index in [-0.39, 0.29) is 12.5 Å². The molecule has 0 saturated carbocycles. The first kappa shape index (κ1) is 20.1. The van der Waals surface area contributed by atoms with Gasteiger partial charge in [-0.2, -0.15) is 0 Å². The summed E-state index contributed by atoms with van der Waals surface area (Å²) >= 11 is 6.04. The van der Waals surface area contributed by atoms with Crippen molar-refractivity contribution in [2.75, 3.05) is 27.4 Å². The predicted octanol–water partition coefficient (Wildman–Crippen LogP) is 3.62. The Bertz CT molecular complexity index is 721. The predicted molar refractivity (Wildman–Crippen MR) is 102 cm³/mol. The SMILES string of the molecule is COc1ccc(CCCNC(=O)COCc2ccccc2Cl)cc1OC. The Morgan fingerprint density at radius 3 is 2.58 bits per heavy atom. The fourth-order valence-electron chi connectivity index (χ4n) is 2.48. The Labute approximate surface area is 159 Å². The molecule has 0 heterocycles. The van der Waals surface area contributed by atoms with Crippen LogP contribution < -0.4 is 14.8 Å². The summed E-state index contributed by atoms with van der Waals surface area (Å²) in [5.74, 6) is 1.28. The molecule has 0 spiro atoms. The second-order valence-corrected chi connectivity index (χ2v) is 6.13. The van der Waals surface area contributed by atoms with Crippen molar-refractivity contribution < 1.29 is 19.0 Å². The summed E-state index contributed by atoms with van der Waals surface area (Å²) in [6.45, 7) is 0.920. The second kappa shape index (κ2) is 10.7. The molecule has 140 valence electrons. The highest BCUT2D eigenvalue weighted by atomic mass is 35.5. The number of rotatable bonds is 10. The van der Waals surface area contributed by atoms with Crippen LogP contribution >= 0.6 is 11.6 Å². The summed E-state index contributed by atoms with van der Waals surface area (Å²) in [4.78, 5) is 11.8. The largest absolute Gasteiger partial charge is 0.493 e. The van der Waals surface area contributed by atoms with Crippen LogP contribution in [0.15, 0.2) is 42.5 Å². The first-order chi connectivity index (χ1) is 12.6. The van der Waals surface area contributed by atoms with E-state index in [1.807, 2.05) is 36.4 Å². The van der Waals surface area contributed by atoms with E-state index in [0.717, 1.165) is 24.0 Å². The summed E-state index contributed by atoms with van der Waals surface area (Å²) < 4.78 is 15.9. The van der Waals surface area contributed by atoms with Crippen molar-refractivity contribution in [1.82, 2.24) is 5.32 Å². The lowest BCUT2D eigenvalue weighted by Gasteiger charge is -2.10. The van der Waals surface area contributed by atoms with E-state index >= 15 is 0 Å². The van der Waals surface area contributed by atoms with E-state index in [4.69, 9.17) is 25.8 Å². The number of hydrogen-bond donors (Lipinski definition) is 1. The van der Waals surface area contributed by atoms with Crippen LogP contribution in [0.1, 0.15) is 17.5 Å². The minimum absolute atomic E-state index is 0.0155. The van der Waals surface area contributed by atoms with Gasteiger partial charge in [-0.25, -0.2) is 0 Å². The number of hydrogen-bond acceptors (Lipinski definition) is 4. The average Bonchev–Trinajstić information content (AvgIpc) is 2.66. The zero-order chi connectivity index (χ0) is 18.8. The van der Waals surface area contributed by atoms with Crippen molar-refractivity contribution >= 4 is 17.5 Å². The van der Waals surface area contributed by atoms with Crippen LogP contribution in [0.4, 0.5) is 0 Å². The normalized spacial score (nSPS) is 10.4. The minimum Gasteiger partial charge on any atom is -0.493 e. The van der Waals surface area contributed by atoms with Gasteiger partial charge in [0.1, 0.15) is 6.61 Å². The zero-order valence-corrected chi connectivity index (χ0v) is 15.8. The van der Waals surface area contributed by atoms with Crippen molar-refractivity contribution in [3.63, 3.8) is 0 Å². The number of amides is 1. The van der Waals surface area contributed by atoms with Gasteiger partial charge in [0.2, 0.25) is 5.91 Å². The second-order valence-electron chi connectivity index (χ2n) is 5.73. The molecule has 26 heavy (non-hydrogen) atoms. The van der Waals surface area contributed by atoms with E-state index in [1.54, 1.807) is 20.3 Å². The Hall–Kier alpha value is -2.24. The molecule has 0 aliphatic carbocycles. The van der Waals surface area contributed by atoms with Crippen LogP contribution in [-0.2, 0) is 22.6 Å². The number of ether oxygens (including phenoxy) is 3. The van der Waals surface area contributed by atoms with Gasteiger partial charge in [-0.3, -0.25) is 4.79 Å². The summed E-state index contributed by atoms with van der Waals surface area (Å²) in [5.41, 5.74) is 2.00. The fraction of sp³-hybridized carbons (Fsp3) is 0.350. The lowest BCUT2D eigenvalue weighted by atomic mass is 10.1. The van der Waals surface area contributed by atoms with Crippen molar-refractivity contribution in [3.05, 3.63) is 58.6 Å². The van der Waals surface area contributed by atoms with E-state index in [2.05, 4.69) is 5.32 Å². The molecule has 0 bridgehead atoms. The van der Waals surface area contributed by atoms with Crippen LogP contribution in [0, 0.1) is 0 Å². The molecule has 0 unspecified atom stereocenters. The Morgan fingerprint density at radius 2 is 1.85 bits per heavy atom. The van der Waals surface area contributed by atoms with E-state index in [0.29, 0.717) is 29.7 Å². The molecular weight excluding hydrogens is 354 g/mol.